The SMILES string of the molecule is CC(C)(C)OC(=O)C[C@H](NC(=O)OC(C)(C)C)C(=O)N1CCc2c(OCCc3ccc(-c4ccccc4)cc3)cccc21.Cl.c1ccc(-c2ccc(CCOc3cccc4c3CCN4)cc2)cc1. The molecule has 11 heteroatoms. The number of ether oxygens (including phenoxy) is 4. The van der Waals surface area contributed by atoms with Gasteiger partial charge in [-0.3, -0.25) is 9.59 Å². The van der Waals surface area contributed by atoms with Crippen LogP contribution in [-0.4, -0.2) is 61.5 Å². The molecule has 0 bridgehead atoms. The van der Waals surface area contributed by atoms with Crippen molar-refractivity contribution < 1.29 is 33.3 Å². The number of alkyl carbamates (subject to hydrolysis) is 1. The normalized spacial score (nSPS) is 13.0. The molecule has 10 nitrogen and oxygen atoms in total. The summed E-state index contributed by atoms with van der Waals surface area (Å²) in [6, 6.07) is 48.7. The highest BCUT2D eigenvalue weighted by Crippen LogP contribution is 2.36. The Labute approximate surface area is 407 Å². The van der Waals surface area contributed by atoms with Crippen molar-refractivity contribution >= 4 is 41.8 Å². The van der Waals surface area contributed by atoms with Gasteiger partial charge in [-0.05, 0) is 112 Å². The van der Waals surface area contributed by atoms with Crippen LogP contribution in [0.5, 0.6) is 11.5 Å². The zero-order valence-electron chi connectivity index (χ0n) is 40.0. The van der Waals surface area contributed by atoms with E-state index < -0.39 is 35.2 Å². The molecule has 6 aromatic carbocycles. The number of anilines is 2. The molecular formula is C57H64ClN3O7. The summed E-state index contributed by atoms with van der Waals surface area (Å²) in [5, 5.41) is 5.99. The second-order valence-corrected chi connectivity index (χ2v) is 18.8. The molecule has 2 heterocycles. The van der Waals surface area contributed by atoms with Crippen molar-refractivity contribution in [1.82, 2.24) is 5.32 Å². The molecule has 2 N–H and O–H groups in total. The van der Waals surface area contributed by atoms with Gasteiger partial charge in [0.1, 0.15) is 28.7 Å². The van der Waals surface area contributed by atoms with Crippen molar-refractivity contribution in [1.29, 1.82) is 0 Å². The molecular weight excluding hydrogens is 874 g/mol. The fraction of sp³-hybridized carbons (Fsp3) is 0.316. The van der Waals surface area contributed by atoms with Gasteiger partial charge >= 0.3 is 12.1 Å². The number of nitrogens with one attached hydrogen (secondary N) is 2. The summed E-state index contributed by atoms with van der Waals surface area (Å²) in [5.41, 5.74) is 10.0. The van der Waals surface area contributed by atoms with Crippen molar-refractivity contribution in [3.8, 4) is 33.8 Å². The van der Waals surface area contributed by atoms with E-state index in [-0.39, 0.29) is 18.8 Å². The second kappa shape index (κ2) is 23.3. The van der Waals surface area contributed by atoms with Crippen molar-refractivity contribution in [2.24, 2.45) is 0 Å². The average Bonchev–Trinajstić information content (AvgIpc) is 3.98. The maximum Gasteiger partial charge on any atom is 0.408 e. The van der Waals surface area contributed by atoms with Crippen molar-refractivity contribution in [3.05, 3.63) is 168 Å². The van der Waals surface area contributed by atoms with Crippen LogP contribution in [0, 0.1) is 0 Å². The lowest BCUT2D eigenvalue weighted by atomic mass is 10.0. The molecule has 0 saturated heterocycles. The first-order valence-electron chi connectivity index (χ1n) is 23.2. The van der Waals surface area contributed by atoms with E-state index >= 15 is 0 Å². The maximum atomic E-state index is 13.8. The number of hydrogen-bond donors (Lipinski definition) is 2. The third-order valence-electron chi connectivity index (χ3n) is 11.3. The topological polar surface area (TPSA) is 115 Å². The van der Waals surface area contributed by atoms with Gasteiger partial charge in [0.2, 0.25) is 5.91 Å². The molecule has 0 aliphatic carbocycles. The Bertz CT molecular complexity index is 2560. The number of carbonyl (C=O) groups is 3. The highest BCUT2D eigenvalue weighted by atomic mass is 35.5. The predicted molar refractivity (Wildman–Crippen MR) is 274 cm³/mol. The molecule has 0 aromatic heterocycles. The molecule has 8 rings (SSSR count). The number of benzene rings is 6. The van der Waals surface area contributed by atoms with Gasteiger partial charge in [0.05, 0.1) is 25.3 Å². The second-order valence-electron chi connectivity index (χ2n) is 18.8. The lowest BCUT2D eigenvalue weighted by Gasteiger charge is -2.27. The lowest BCUT2D eigenvalue weighted by molar-refractivity contribution is -0.156. The minimum atomic E-state index is -1.15. The predicted octanol–water partition coefficient (Wildman–Crippen LogP) is 11.9. The van der Waals surface area contributed by atoms with E-state index in [0.717, 1.165) is 42.9 Å². The van der Waals surface area contributed by atoms with E-state index in [9.17, 15) is 14.4 Å². The Balaban J connectivity index is 0.000000256. The van der Waals surface area contributed by atoms with Crippen LogP contribution in [0.3, 0.4) is 0 Å². The van der Waals surface area contributed by atoms with Crippen LogP contribution < -0.4 is 25.0 Å². The molecule has 0 radical (unpaired) electrons. The van der Waals surface area contributed by atoms with Gasteiger partial charge in [-0.15, -0.1) is 12.4 Å². The highest BCUT2D eigenvalue weighted by Gasteiger charge is 2.36. The van der Waals surface area contributed by atoms with Gasteiger partial charge in [-0.2, -0.15) is 0 Å². The van der Waals surface area contributed by atoms with Gasteiger partial charge in [0.15, 0.2) is 0 Å². The Morgan fingerprint density at radius 3 is 1.62 bits per heavy atom. The molecule has 2 aliphatic rings. The van der Waals surface area contributed by atoms with Crippen LogP contribution in [0.15, 0.2) is 146 Å². The van der Waals surface area contributed by atoms with E-state index in [1.807, 2.05) is 42.5 Å². The maximum absolute atomic E-state index is 13.8. The minimum absolute atomic E-state index is 0. The van der Waals surface area contributed by atoms with E-state index in [1.165, 1.54) is 44.6 Å². The molecule has 68 heavy (non-hydrogen) atoms. The molecule has 1 atom stereocenters. The summed E-state index contributed by atoms with van der Waals surface area (Å²) in [7, 11) is 0. The van der Waals surface area contributed by atoms with Crippen LogP contribution in [0.1, 0.15) is 70.2 Å². The molecule has 0 unspecified atom stereocenters. The Morgan fingerprint density at radius 1 is 0.588 bits per heavy atom. The quantitative estimate of drug-likeness (QED) is 0.104. The van der Waals surface area contributed by atoms with Crippen molar-refractivity contribution in [2.45, 2.75) is 90.9 Å². The third-order valence-corrected chi connectivity index (χ3v) is 11.3. The first kappa shape index (κ1) is 50.6. The highest BCUT2D eigenvalue weighted by molar-refractivity contribution is 6.02. The van der Waals surface area contributed by atoms with Gasteiger partial charge < -0.3 is 34.5 Å². The Hall–Kier alpha value is -6.78. The summed E-state index contributed by atoms with van der Waals surface area (Å²) >= 11 is 0. The zero-order valence-corrected chi connectivity index (χ0v) is 40.8. The number of fused-ring (bicyclic) bond motifs is 2. The summed E-state index contributed by atoms with van der Waals surface area (Å²) in [5.74, 6) is 0.747. The third kappa shape index (κ3) is 14.4. The number of rotatable bonds is 14. The lowest BCUT2D eigenvalue weighted by Crippen LogP contribution is -2.50. The smallest absolute Gasteiger partial charge is 0.408 e. The fourth-order valence-electron chi connectivity index (χ4n) is 8.15. The monoisotopic (exact) mass is 937 g/mol. The first-order chi connectivity index (χ1) is 32.2. The summed E-state index contributed by atoms with van der Waals surface area (Å²) < 4.78 is 23.0. The van der Waals surface area contributed by atoms with Gasteiger partial charge in [-0.1, -0.05) is 121 Å². The summed E-state index contributed by atoms with van der Waals surface area (Å²) in [6.07, 6.45) is 2.21. The van der Waals surface area contributed by atoms with Crippen LogP contribution in [0.2, 0.25) is 0 Å². The van der Waals surface area contributed by atoms with Gasteiger partial charge in [-0.25, -0.2) is 4.79 Å². The molecule has 0 fully saturated rings. The standard InChI is InChI=1S/C35H42N2O6.C22H21NO.ClH/c1-34(2,3)42-31(38)23-28(36-33(40)43-35(4,5)6)32(39)37-21-19-27-29(37)13-10-14-30(27)41-22-20-24-15-17-26(18-16-24)25-11-8-7-9-12-25;1-2-5-18(6-3-1)19-11-9-17(10-12-19)14-16-24-22-8-4-7-21-20(22)13-15-23-21;/h7-18,28H,19-23H2,1-6H3,(H,36,40);1-12,23H,13-16H2;1H/t28-;;/m0../s1. The van der Waals surface area contributed by atoms with E-state index in [2.05, 4.69) is 114 Å². The minimum Gasteiger partial charge on any atom is -0.493 e. The number of esters is 1. The van der Waals surface area contributed by atoms with E-state index in [1.54, 1.807) is 46.4 Å². The Kier molecular flexibility index (Phi) is 17.3. The number of amides is 2. The van der Waals surface area contributed by atoms with Crippen molar-refractivity contribution in [2.75, 3.05) is 36.5 Å². The summed E-state index contributed by atoms with van der Waals surface area (Å²) in [4.78, 5) is 40.6. The van der Waals surface area contributed by atoms with Crippen LogP contribution in [-0.2, 0) is 44.7 Å². The average molecular weight is 939 g/mol. The molecule has 356 valence electrons. The zero-order chi connectivity index (χ0) is 47.4. The number of halogens is 1. The molecule has 2 aliphatic heterocycles. The molecule has 6 aromatic rings. The van der Waals surface area contributed by atoms with Crippen molar-refractivity contribution in [3.63, 3.8) is 0 Å². The molecule has 0 saturated carbocycles. The fourth-order valence-corrected chi connectivity index (χ4v) is 8.15. The number of hydrogen-bond acceptors (Lipinski definition) is 8. The van der Waals surface area contributed by atoms with E-state index in [4.69, 9.17) is 18.9 Å². The van der Waals surface area contributed by atoms with Crippen LogP contribution in [0.4, 0.5) is 16.2 Å². The molecule has 0 spiro atoms. The molecule has 2 amide bonds. The van der Waals surface area contributed by atoms with Crippen LogP contribution >= 0.6 is 12.4 Å². The van der Waals surface area contributed by atoms with Crippen LogP contribution in [0.25, 0.3) is 22.3 Å². The largest absolute Gasteiger partial charge is 0.493 e. The van der Waals surface area contributed by atoms with Gasteiger partial charge in [0, 0.05) is 42.7 Å². The number of carbonyl (C=O) groups excluding carboxylic acids is 3. The number of nitrogens with zero attached hydrogens (tertiary/aromatic N) is 1. The Morgan fingerprint density at radius 2 is 1.09 bits per heavy atom. The van der Waals surface area contributed by atoms with E-state index in [0.29, 0.717) is 31.9 Å². The summed E-state index contributed by atoms with van der Waals surface area (Å²) in [6.45, 7) is 13.0. The van der Waals surface area contributed by atoms with Gasteiger partial charge in [0.25, 0.3) is 0 Å². The first-order valence-corrected chi connectivity index (χ1v) is 23.2.